The van der Waals surface area contributed by atoms with Gasteiger partial charge < -0.3 is 24.8 Å². The summed E-state index contributed by atoms with van der Waals surface area (Å²) in [6.07, 6.45) is 3.24. The van der Waals surface area contributed by atoms with E-state index in [9.17, 15) is 9.59 Å². The Hall–Kier alpha value is -3.68. The highest BCUT2D eigenvalue weighted by atomic mass is 16.5. The van der Waals surface area contributed by atoms with Gasteiger partial charge in [0.25, 0.3) is 0 Å². The zero-order valence-electron chi connectivity index (χ0n) is 17.8. The molecular weight excluding hydrogens is 408 g/mol. The first-order valence-corrected chi connectivity index (χ1v) is 10.2. The number of carboxylic acid groups (broad SMARTS) is 2. The van der Waals surface area contributed by atoms with Crippen molar-refractivity contribution in [1.82, 2.24) is 9.88 Å². The van der Waals surface area contributed by atoms with Crippen molar-refractivity contribution >= 4 is 11.9 Å². The van der Waals surface area contributed by atoms with Gasteiger partial charge in [0, 0.05) is 44.2 Å². The average molecular weight is 434 g/mol. The summed E-state index contributed by atoms with van der Waals surface area (Å²) >= 11 is 0. The number of ether oxygens (including phenoxy) is 1. The second-order valence-electron chi connectivity index (χ2n) is 7.22. The van der Waals surface area contributed by atoms with Gasteiger partial charge in [-0.25, -0.2) is 9.59 Å². The lowest BCUT2D eigenvalue weighted by Gasteiger charge is -2.15. The number of nitrogens with zero attached hydrogens (tertiary/aromatic N) is 1. The van der Waals surface area contributed by atoms with Crippen LogP contribution < -0.4 is 5.32 Å². The Bertz CT molecular complexity index is 1040. The third kappa shape index (κ3) is 5.94. The van der Waals surface area contributed by atoms with Gasteiger partial charge in [-0.15, -0.1) is 0 Å². The quantitative estimate of drug-likeness (QED) is 0.370. The molecule has 166 valence electrons. The van der Waals surface area contributed by atoms with Crippen LogP contribution in [-0.4, -0.2) is 39.9 Å². The Morgan fingerprint density at radius 1 is 0.938 bits per heavy atom. The van der Waals surface area contributed by atoms with E-state index in [1.165, 1.54) is 27.9 Å². The minimum atomic E-state index is -1.26. The molecule has 0 saturated heterocycles. The van der Waals surface area contributed by atoms with Gasteiger partial charge in [0.15, 0.2) is 0 Å². The van der Waals surface area contributed by atoms with Crippen molar-refractivity contribution in [3.8, 4) is 11.1 Å². The van der Waals surface area contributed by atoms with E-state index in [-0.39, 0.29) is 6.10 Å². The number of aromatic nitrogens is 1. The Balaban J connectivity index is 0.000000312. The molecule has 3 aromatic rings. The van der Waals surface area contributed by atoms with Gasteiger partial charge in [0.2, 0.25) is 0 Å². The average Bonchev–Trinajstić information content (AvgIpc) is 3.34. The summed E-state index contributed by atoms with van der Waals surface area (Å²) in [6, 6.07) is 21.3. The second-order valence-corrected chi connectivity index (χ2v) is 7.22. The number of rotatable bonds is 8. The number of hydrogen-bond donors (Lipinski definition) is 3. The molecule has 32 heavy (non-hydrogen) atoms. The topological polar surface area (TPSA) is 101 Å². The molecule has 0 atom stereocenters. The monoisotopic (exact) mass is 434 g/mol. The highest BCUT2D eigenvalue weighted by Gasteiger charge is 2.28. The predicted molar refractivity (Wildman–Crippen MR) is 121 cm³/mol. The SMILES string of the molecule is Cn1cccc1CNCCOC1c2ccccc2-c2ccccc21.O=C(O)/C=C/C(=O)O. The first kappa shape index (κ1) is 23.0. The van der Waals surface area contributed by atoms with E-state index in [1.54, 1.807) is 0 Å². The summed E-state index contributed by atoms with van der Waals surface area (Å²) in [5.74, 6) is -2.51. The van der Waals surface area contributed by atoms with Gasteiger partial charge in [-0.05, 0) is 34.4 Å². The van der Waals surface area contributed by atoms with Crippen LogP contribution in [-0.2, 0) is 27.9 Å². The zero-order valence-corrected chi connectivity index (χ0v) is 17.8. The Kier molecular flexibility index (Phi) is 7.96. The number of hydrogen-bond acceptors (Lipinski definition) is 4. The third-order valence-electron chi connectivity index (χ3n) is 5.07. The lowest BCUT2D eigenvalue weighted by molar-refractivity contribution is -0.134. The van der Waals surface area contributed by atoms with Gasteiger partial charge in [0.1, 0.15) is 6.10 Å². The van der Waals surface area contributed by atoms with Gasteiger partial charge in [0.05, 0.1) is 6.61 Å². The molecular formula is C25H26N2O5. The molecule has 3 N–H and O–H groups in total. The summed E-state index contributed by atoms with van der Waals surface area (Å²) < 4.78 is 8.37. The minimum Gasteiger partial charge on any atom is -0.478 e. The number of nitrogens with one attached hydrogen (secondary N) is 1. The van der Waals surface area contributed by atoms with Crippen molar-refractivity contribution < 1.29 is 24.5 Å². The molecule has 7 heteroatoms. The number of fused-ring (bicyclic) bond motifs is 3. The molecule has 1 heterocycles. The fourth-order valence-corrected chi connectivity index (χ4v) is 3.58. The van der Waals surface area contributed by atoms with Crippen LogP contribution in [0.5, 0.6) is 0 Å². The van der Waals surface area contributed by atoms with Crippen molar-refractivity contribution in [2.24, 2.45) is 7.05 Å². The lowest BCUT2D eigenvalue weighted by atomic mass is 10.1. The molecule has 0 saturated carbocycles. The minimum absolute atomic E-state index is 0.0502. The fourth-order valence-electron chi connectivity index (χ4n) is 3.58. The Labute approximate surface area is 186 Å². The molecule has 0 spiro atoms. The first-order valence-electron chi connectivity index (χ1n) is 10.2. The van der Waals surface area contributed by atoms with E-state index >= 15 is 0 Å². The van der Waals surface area contributed by atoms with E-state index < -0.39 is 11.9 Å². The smallest absolute Gasteiger partial charge is 0.328 e. The van der Waals surface area contributed by atoms with Crippen molar-refractivity contribution in [1.29, 1.82) is 0 Å². The predicted octanol–water partition coefficient (Wildman–Crippen LogP) is 3.61. The van der Waals surface area contributed by atoms with E-state index in [0.29, 0.717) is 18.8 Å². The number of carbonyl (C=O) groups is 2. The van der Waals surface area contributed by atoms with Crippen LogP contribution in [0.3, 0.4) is 0 Å². The molecule has 1 aliphatic carbocycles. The van der Waals surface area contributed by atoms with Crippen molar-refractivity contribution in [3.05, 3.63) is 95.8 Å². The van der Waals surface area contributed by atoms with Crippen molar-refractivity contribution in [2.45, 2.75) is 12.6 Å². The maximum Gasteiger partial charge on any atom is 0.328 e. The Morgan fingerprint density at radius 2 is 1.50 bits per heavy atom. The molecule has 4 rings (SSSR count). The number of benzene rings is 2. The van der Waals surface area contributed by atoms with Crippen LogP contribution in [0.4, 0.5) is 0 Å². The van der Waals surface area contributed by atoms with E-state index in [2.05, 4.69) is 83.8 Å². The van der Waals surface area contributed by atoms with Gasteiger partial charge in [-0.3, -0.25) is 0 Å². The standard InChI is InChI=1S/C21H22N2O.C4H4O4/c1-23-13-6-7-16(23)15-22-12-14-24-21-19-10-4-2-8-17(19)18-9-3-5-11-20(18)21;5-3(6)1-2-4(7)8/h2-11,13,21-22H,12,14-15H2,1H3;1-2H,(H,5,6)(H,7,8)/b;2-1+. The molecule has 7 nitrogen and oxygen atoms in total. The summed E-state index contributed by atoms with van der Waals surface area (Å²) in [6.45, 7) is 2.40. The highest BCUT2D eigenvalue weighted by Crippen LogP contribution is 2.44. The van der Waals surface area contributed by atoms with E-state index in [4.69, 9.17) is 14.9 Å². The maximum absolute atomic E-state index is 9.55. The first-order chi connectivity index (χ1) is 15.5. The largest absolute Gasteiger partial charge is 0.478 e. The third-order valence-corrected chi connectivity index (χ3v) is 5.07. The van der Waals surface area contributed by atoms with E-state index in [0.717, 1.165) is 13.1 Å². The van der Waals surface area contributed by atoms with Gasteiger partial charge in [-0.2, -0.15) is 0 Å². The molecule has 1 aliphatic rings. The number of carboxylic acids is 2. The zero-order chi connectivity index (χ0) is 22.9. The van der Waals surface area contributed by atoms with Crippen LogP contribution in [0.1, 0.15) is 22.9 Å². The van der Waals surface area contributed by atoms with Crippen LogP contribution in [0.2, 0.25) is 0 Å². The van der Waals surface area contributed by atoms with Gasteiger partial charge >= 0.3 is 11.9 Å². The van der Waals surface area contributed by atoms with E-state index in [1.807, 2.05) is 0 Å². The van der Waals surface area contributed by atoms with Crippen molar-refractivity contribution in [3.63, 3.8) is 0 Å². The molecule has 0 bridgehead atoms. The Morgan fingerprint density at radius 3 is 2.00 bits per heavy atom. The highest BCUT2D eigenvalue weighted by molar-refractivity contribution is 5.89. The summed E-state index contributed by atoms with van der Waals surface area (Å²) in [7, 11) is 2.07. The number of aryl methyl sites for hydroxylation is 1. The molecule has 0 radical (unpaired) electrons. The summed E-state index contributed by atoms with van der Waals surface area (Å²) in [5.41, 5.74) is 6.44. The van der Waals surface area contributed by atoms with Crippen molar-refractivity contribution in [2.75, 3.05) is 13.2 Å². The molecule has 2 aromatic carbocycles. The molecule has 0 aliphatic heterocycles. The fraction of sp³-hybridized carbons (Fsp3) is 0.200. The van der Waals surface area contributed by atoms with Gasteiger partial charge in [-0.1, -0.05) is 48.5 Å². The number of aliphatic carboxylic acids is 2. The summed E-state index contributed by atoms with van der Waals surface area (Å²) in [5, 5.41) is 19.1. The molecule has 1 aromatic heterocycles. The second kappa shape index (κ2) is 11.1. The van der Waals surface area contributed by atoms with Crippen LogP contribution in [0, 0.1) is 0 Å². The van der Waals surface area contributed by atoms with Crippen LogP contribution in [0.15, 0.2) is 79.0 Å². The van der Waals surface area contributed by atoms with Crippen LogP contribution >= 0.6 is 0 Å². The summed E-state index contributed by atoms with van der Waals surface area (Å²) in [4.78, 5) is 19.1. The maximum atomic E-state index is 9.55. The normalized spacial score (nSPS) is 12.2. The molecule has 0 fully saturated rings. The lowest BCUT2D eigenvalue weighted by Crippen LogP contribution is -2.21. The van der Waals surface area contributed by atoms with Crippen LogP contribution in [0.25, 0.3) is 11.1 Å². The molecule has 0 unspecified atom stereocenters. The molecule has 0 amide bonds.